The molecule has 2 rings (SSSR count). The Bertz CT molecular complexity index is 355. The minimum absolute atomic E-state index is 0.0369. The molecule has 0 bridgehead atoms. The topological polar surface area (TPSA) is 64.4 Å². The highest BCUT2D eigenvalue weighted by atomic mass is 16.5. The smallest absolute Gasteiger partial charge is 0.223 e. The Morgan fingerprint density at radius 3 is 2.67 bits per heavy atom. The number of carbonyl (C=O) groups excluding carboxylic acids is 1. The molecule has 1 aliphatic carbocycles. The van der Waals surface area contributed by atoms with E-state index < -0.39 is 0 Å². The van der Waals surface area contributed by atoms with E-state index in [9.17, 15) is 4.79 Å². The standard InChI is InChI=1S/C17H32N2O2/c1-4-17(5-2)11-13(9-10-21-17)19-16(20)14-7-6-8-15(18)12(14)3/h12-15H,4-11,18H2,1-3H3,(H,19,20). The zero-order valence-corrected chi connectivity index (χ0v) is 13.9. The Morgan fingerprint density at radius 1 is 1.29 bits per heavy atom. The SMILES string of the molecule is CCC1(CC)CC(NC(=O)C2CCCC(N)C2C)CCO1. The fraction of sp³-hybridized carbons (Fsp3) is 0.941. The van der Waals surface area contributed by atoms with Crippen molar-refractivity contribution in [3.63, 3.8) is 0 Å². The summed E-state index contributed by atoms with van der Waals surface area (Å²) < 4.78 is 5.99. The lowest BCUT2D eigenvalue weighted by molar-refractivity contribution is -0.132. The van der Waals surface area contributed by atoms with E-state index in [0.717, 1.165) is 51.6 Å². The number of amides is 1. The van der Waals surface area contributed by atoms with Gasteiger partial charge in [-0.1, -0.05) is 27.2 Å². The summed E-state index contributed by atoms with van der Waals surface area (Å²) in [6.07, 6.45) is 7.01. The van der Waals surface area contributed by atoms with Crippen LogP contribution in [0.25, 0.3) is 0 Å². The van der Waals surface area contributed by atoms with Crippen LogP contribution in [0.2, 0.25) is 0 Å². The molecular weight excluding hydrogens is 264 g/mol. The lowest BCUT2D eigenvalue weighted by Gasteiger charge is -2.41. The van der Waals surface area contributed by atoms with Gasteiger partial charge in [0.2, 0.25) is 5.91 Å². The molecule has 21 heavy (non-hydrogen) atoms. The Hall–Kier alpha value is -0.610. The number of nitrogens with one attached hydrogen (secondary N) is 1. The number of hydrogen-bond acceptors (Lipinski definition) is 3. The molecule has 1 saturated carbocycles. The maximum absolute atomic E-state index is 12.6. The maximum Gasteiger partial charge on any atom is 0.223 e. The summed E-state index contributed by atoms with van der Waals surface area (Å²) in [6.45, 7) is 7.23. The minimum Gasteiger partial charge on any atom is -0.375 e. The number of nitrogens with two attached hydrogens (primary N) is 1. The number of ether oxygens (including phenoxy) is 1. The highest BCUT2D eigenvalue weighted by Gasteiger charge is 2.37. The van der Waals surface area contributed by atoms with Crippen molar-refractivity contribution in [1.29, 1.82) is 0 Å². The molecule has 1 heterocycles. The van der Waals surface area contributed by atoms with Gasteiger partial charge in [-0.3, -0.25) is 4.79 Å². The van der Waals surface area contributed by atoms with Crippen LogP contribution in [0.5, 0.6) is 0 Å². The van der Waals surface area contributed by atoms with Crippen LogP contribution in [0, 0.1) is 11.8 Å². The molecule has 3 N–H and O–H groups in total. The summed E-state index contributed by atoms with van der Waals surface area (Å²) >= 11 is 0. The normalized spacial score (nSPS) is 36.2. The van der Waals surface area contributed by atoms with Crippen LogP contribution in [0.15, 0.2) is 0 Å². The highest BCUT2D eigenvalue weighted by molar-refractivity contribution is 5.79. The van der Waals surface area contributed by atoms with Crippen LogP contribution in [0.4, 0.5) is 0 Å². The number of hydrogen-bond donors (Lipinski definition) is 2. The van der Waals surface area contributed by atoms with Crippen LogP contribution < -0.4 is 11.1 Å². The number of carbonyl (C=O) groups is 1. The van der Waals surface area contributed by atoms with Gasteiger partial charge in [0.25, 0.3) is 0 Å². The first-order valence-corrected chi connectivity index (χ1v) is 8.71. The van der Waals surface area contributed by atoms with Crippen molar-refractivity contribution in [2.75, 3.05) is 6.61 Å². The van der Waals surface area contributed by atoms with Gasteiger partial charge in [-0.25, -0.2) is 0 Å². The van der Waals surface area contributed by atoms with Crippen LogP contribution in [-0.4, -0.2) is 30.2 Å². The minimum atomic E-state index is -0.0369. The molecular formula is C17H32N2O2. The number of rotatable bonds is 4. The highest BCUT2D eigenvalue weighted by Crippen LogP contribution is 2.33. The molecule has 4 atom stereocenters. The Labute approximate surface area is 129 Å². The molecule has 1 amide bonds. The molecule has 2 aliphatic rings. The summed E-state index contributed by atoms with van der Waals surface area (Å²) in [4.78, 5) is 12.6. The fourth-order valence-electron chi connectivity index (χ4n) is 3.97. The van der Waals surface area contributed by atoms with Gasteiger partial charge in [0, 0.05) is 24.6 Å². The first kappa shape index (κ1) is 16.8. The molecule has 4 heteroatoms. The summed E-state index contributed by atoms with van der Waals surface area (Å²) in [7, 11) is 0. The van der Waals surface area contributed by atoms with Crippen molar-refractivity contribution in [2.24, 2.45) is 17.6 Å². The van der Waals surface area contributed by atoms with Crippen molar-refractivity contribution in [1.82, 2.24) is 5.32 Å². The van der Waals surface area contributed by atoms with Crippen LogP contribution in [0.3, 0.4) is 0 Å². The first-order valence-electron chi connectivity index (χ1n) is 8.71. The lowest BCUT2D eigenvalue weighted by Crippen LogP contribution is -2.51. The molecule has 0 aromatic carbocycles. The van der Waals surface area contributed by atoms with Gasteiger partial charge >= 0.3 is 0 Å². The average molecular weight is 296 g/mol. The molecule has 4 nitrogen and oxygen atoms in total. The van der Waals surface area contributed by atoms with Crippen molar-refractivity contribution >= 4 is 5.91 Å². The van der Waals surface area contributed by atoms with E-state index in [2.05, 4.69) is 26.1 Å². The summed E-state index contributed by atoms with van der Waals surface area (Å²) in [5, 5.41) is 3.29. The largest absolute Gasteiger partial charge is 0.375 e. The third-order valence-corrected chi connectivity index (χ3v) is 5.83. The summed E-state index contributed by atoms with van der Waals surface area (Å²) in [5.74, 6) is 0.598. The Kier molecular flexibility index (Phi) is 5.67. The van der Waals surface area contributed by atoms with E-state index in [4.69, 9.17) is 10.5 Å². The second kappa shape index (κ2) is 7.10. The van der Waals surface area contributed by atoms with Gasteiger partial charge in [-0.05, 0) is 44.4 Å². The molecule has 0 radical (unpaired) electrons. The van der Waals surface area contributed by atoms with E-state index in [-0.39, 0.29) is 29.5 Å². The van der Waals surface area contributed by atoms with Crippen LogP contribution in [-0.2, 0) is 9.53 Å². The van der Waals surface area contributed by atoms with Crippen molar-refractivity contribution in [3.8, 4) is 0 Å². The molecule has 122 valence electrons. The zero-order valence-electron chi connectivity index (χ0n) is 13.9. The lowest BCUT2D eigenvalue weighted by atomic mass is 9.76. The molecule has 2 fully saturated rings. The van der Waals surface area contributed by atoms with Crippen molar-refractivity contribution in [2.45, 2.75) is 83.4 Å². The van der Waals surface area contributed by atoms with E-state index in [1.807, 2.05) is 0 Å². The van der Waals surface area contributed by atoms with Gasteiger partial charge in [-0.2, -0.15) is 0 Å². The second-order valence-electron chi connectivity index (χ2n) is 7.00. The van der Waals surface area contributed by atoms with Gasteiger partial charge < -0.3 is 15.8 Å². The van der Waals surface area contributed by atoms with Crippen LogP contribution >= 0.6 is 0 Å². The van der Waals surface area contributed by atoms with Gasteiger partial charge in [0.1, 0.15) is 0 Å². The van der Waals surface area contributed by atoms with E-state index in [1.54, 1.807) is 0 Å². The maximum atomic E-state index is 12.6. The van der Waals surface area contributed by atoms with Crippen molar-refractivity contribution in [3.05, 3.63) is 0 Å². The van der Waals surface area contributed by atoms with E-state index >= 15 is 0 Å². The van der Waals surface area contributed by atoms with E-state index in [1.165, 1.54) is 0 Å². The molecule has 1 saturated heterocycles. The Balaban J connectivity index is 1.93. The zero-order chi connectivity index (χ0) is 15.5. The molecule has 4 unspecified atom stereocenters. The molecule has 0 aromatic heterocycles. The quantitative estimate of drug-likeness (QED) is 0.838. The van der Waals surface area contributed by atoms with Gasteiger partial charge in [0.15, 0.2) is 0 Å². The Morgan fingerprint density at radius 2 is 2.00 bits per heavy atom. The monoisotopic (exact) mass is 296 g/mol. The third kappa shape index (κ3) is 3.78. The molecule has 0 aromatic rings. The van der Waals surface area contributed by atoms with Gasteiger partial charge in [0.05, 0.1) is 5.60 Å². The predicted molar refractivity (Wildman–Crippen MR) is 84.9 cm³/mol. The van der Waals surface area contributed by atoms with E-state index in [0.29, 0.717) is 5.92 Å². The van der Waals surface area contributed by atoms with Gasteiger partial charge in [-0.15, -0.1) is 0 Å². The summed E-state index contributed by atoms with van der Waals surface area (Å²) in [6, 6.07) is 0.436. The predicted octanol–water partition coefficient (Wildman–Crippen LogP) is 2.60. The molecule has 1 aliphatic heterocycles. The fourth-order valence-corrected chi connectivity index (χ4v) is 3.97. The third-order valence-electron chi connectivity index (χ3n) is 5.83. The van der Waals surface area contributed by atoms with Crippen LogP contribution in [0.1, 0.15) is 65.7 Å². The first-order chi connectivity index (χ1) is 10.0. The average Bonchev–Trinajstić information content (AvgIpc) is 2.50. The second-order valence-corrected chi connectivity index (χ2v) is 7.00. The summed E-state index contributed by atoms with van der Waals surface area (Å²) in [5.41, 5.74) is 6.09. The molecule has 0 spiro atoms. The van der Waals surface area contributed by atoms with Crippen molar-refractivity contribution < 1.29 is 9.53 Å².